The van der Waals surface area contributed by atoms with Crippen LogP contribution in [0, 0.1) is 25.5 Å². The first-order valence-electron chi connectivity index (χ1n) is 7.40. The molecule has 2 rings (SSSR count). The van der Waals surface area contributed by atoms with E-state index in [0.717, 1.165) is 30.3 Å². The average molecular weight is 368 g/mol. The summed E-state index contributed by atoms with van der Waals surface area (Å²) in [6.45, 7) is 3.13. The van der Waals surface area contributed by atoms with Crippen molar-refractivity contribution in [2.45, 2.75) is 18.7 Å². The van der Waals surface area contributed by atoms with Gasteiger partial charge in [-0.3, -0.25) is 4.79 Å². The molecule has 1 N–H and O–H groups in total. The van der Waals surface area contributed by atoms with Crippen LogP contribution in [0.15, 0.2) is 41.3 Å². The van der Waals surface area contributed by atoms with Crippen LogP contribution in [0.4, 0.5) is 14.5 Å². The van der Waals surface area contributed by atoms with Crippen molar-refractivity contribution in [3.63, 3.8) is 0 Å². The number of amides is 1. The molecule has 0 aliphatic carbocycles. The number of anilines is 1. The molecule has 0 spiro atoms. The van der Waals surface area contributed by atoms with Crippen LogP contribution in [0.5, 0.6) is 0 Å². The molecule has 5 nitrogen and oxygen atoms in total. The Kier molecular flexibility index (Phi) is 5.54. The topological polar surface area (TPSA) is 66.5 Å². The van der Waals surface area contributed by atoms with Crippen molar-refractivity contribution in [2.75, 3.05) is 18.9 Å². The van der Waals surface area contributed by atoms with E-state index in [1.165, 1.54) is 0 Å². The first kappa shape index (κ1) is 19.0. The van der Waals surface area contributed by atoms with Gasteiger partial charge < -0.3 is 5.32 Å². The first-order chi connectivity index (χ1) is 11.6. The van der Waals surface area contributed by atoms with Crippen molar-refractivity contribution in [3.05, 3.63) is 59.2 Å². The highest BCUT2D eigenvalue weighted by molar-refractivity contribution is 7.89. The van der Waals surface area contributed by atoms with E-state index in [1.54, 1.807) is 0 Å². The monoisotopic (exact) mass is 368 g/mol. The third-order valence-corrected chi connectivity index (χ3v) is 5.53. The Morgan fingerprint density at radius 2 is 1.72 bits per heavy atom. The number of nitrogens with zero attached hydrogens (tertiary/aromatic N) is 1. The molecule has 0 bridgehead atoms. The van der Waals surface area contributed by atoms with E-state index in [-0.39, 0.29) is 0 Å². The maximum atomic E-state index is 13.8. The number of halogens is 2. The molecule has 0 unspecified atom stereocenters. The van der Waals surface area contributed by atoms with Crippen LogP contribution in [0.25, 0.3) is 0 Å². The van der Waals surface area contributed by atoms with Crippen LogP contribution in [-0.4, -0.2) is 32.2 Å². The lowest BCUT2D eigenvalue weighted by molar-refractivity contribution is -0.116. The van der Waals surface area contributed by atoms with Gasteiger partial charge in [0.05, 0.1) is 6.54 Å². The second-order valence-corrected chi connectivity index (χ2v) is 7.66. The highest BCUT2D eigenvalue weighted by Gasteiger charge is 2.26. The number of carbonyl (C=O) groups excluding carboxylic acids is 1. The molecular formula is C17H18F2N2O3S. The third-order valence-electron chi connectivity index (χ3n) is 3.69. The molecule has 0 saturated heterocycles. The molecular weight excluding hydrogens is 350 g/mol. The van der Waals surface area contributed by atoms with Crippen molar-refractivity contribution in [2.24, 2.45) is 0 Å². The summed E-state index contributed by atoms with van der Waals surface area (Å²) in [5, 5.41) is 2.66. The second-order valence-electron chi connectivity index (χ2n) is 5.65. The highest BCUT2D eigenvalue weighted by Crippen LogP contribution is 2.21. The zero-order chi connectivity index (χ0) is 18.8. The third kappa shape index (κ3) is 4.21. The molecule has 1 amide bonds. The van der Waals surface area contributed by atoms with Gasteiger partial charge in [-0.05, 0) is 37.1 Å². The summed E-state index contributed by atoms with van der Waals surface area (Å²) in [7, 11) is -3.11. The molecule has 8 heteroatoms. The van der Waals surface area contributed by atoms with Crippen molar-refractivity contribution < 1.29 is 22.0 Å². The number of para-hydroxylation sites is 1. The van der Waals surface area contributed by atoms with Gasteiger partial charge in [-0.25, -0.2) is 17.2 Å². The van der Waals surface area contributed by atoms with Gasteiger partial charge in [-0.15, -0.1) is 0 Å². The minimum absolute atomic E-state index is 0.484. The summed E-state index contributed by atoms with van der Waals surface area (Å²) in [4.78, 5) is 11.5. The van der Waals surface area contributed by atoms with Crippen LogP contribution in [0.2, 0.25) is 0 Å². The Morgan fingerprint density at radius 3 is 2.28 bits per heavy atom. The van der Waals surface area contributed by atoms with Gasteiger partial charge in [0.2, 0.25) is 15.9 Å². The quantitative estimate of drug-likeness (QED) is 0.883. The fourth-order valence-corrected chi connectivity index (χ4v) is 3.50. The summed E-state index contributed by atoms with van der Waals surface area (Å²) in [6.07, 6.45) is 0. The molecule has 0 aliphatic rings. The average Bonchev–Trinajstić information content (AvgIpc) is 2.50. The van der Waals surface area contributed by atoms with Crippen LogP contribution in [0.3, 0.4) is 0 Å². The summed E-state index contributed by atoms with van der Waals surface area (Å²) in [5.41, 5.74) is 2.28. The van der Waals surface area contributed by atoms with E-state index in [2.05, 4.69) is 5.32 Å². The Labute approximate surface area is 145 Å². The highest BCUT2D eigenvalue weighted by atomic mass is 32.2. The number of hydrogen-bond donors (Lipinski definition) is 1. The molecule has 0 fully saturated rings. The number of benzene rings is 2. The number of carbonyl (C=O) groups is 1. The van der Waals surface area contributed by atoms with Gasteiger partial charge in [0.15, 0.2) is 0 Å². The fourth-order valence-electron chi connectivity index (χ4n) is 2.33. The molecule has 0 aromatic heterocycles. The number of likely N-dealkylation sites (N-methyl/N-ethyl adjacent to an activating group) is 1. The van der Waals surface area contributed by atoms with E-state index >= 15 is 0 Å². The minimum Gasteiger partial charge on any atom is -0.324 e. The van der Waals surface area contributed by atoms with Crippen LogP contribution < -0.4 is 5.32 Å². The fraction of sp³-hybridized carbons (Fsp3) is 0.235. The Balaban J connectivity index is 2.18. The van der Waals surface area contributed by atoms with Crippen LogP contribution in [-0.2, 0) is 14.8 Å². The number of nitrogens with one attached hydrogen (secondary N) is 1. The van der Waals surface area contributed by atoms with Crippen molar-refractivity contribution in [1.29, 1.82) is 0 Å². The smallest absolute Gasteiger partial charge is 0.246 e. The van der Waals surface area contributed by atoms with Gasteiger partial charge in [-0.1, -0.05) is 18.2 Å². The number of aryl methyl sites for hydroxylation is 2. The Hall–Kier alpha value is -2.32. The van der Waals surface area contributed by atoms with E-state index in [9.17, 15) is 22.0 Å². The molecule has 0 aliphatic heterocycles. The zero-order valence-corrected chi connectivity index (χ0v) is 14.8. The van der Waals surface area contributed by atoms with Crippen molar-refractivity contribution in [1.82, 2.24) is 4.31 Å². The van der Waals surface area contributed by atoms with Gasteiger partial charge in [0.25, 0.3) is 0 Å². The minimum atomic E-state index is -4.26. The Bertz CT molecular complexity index is 894. The van der Waals surface area contributed by atoms with E-state index in [1.807, 2.05) is 32.0 Å². The molecule has 0 atom stereocenters. The van der Waals surface area contributed by atoms with Gasteiger partial charge in [-0.2, -0.15) is 4.31 Å². The Morgan fingerprint density at radius 1 is 1.12 bits per heavy atom. The predicted molar refractivity (Wildman–Crippen MR) is 90.7 cm³/mol. The lowest BCUT2D eigenvalue weighted by Gasteiger charge is -2.18. The molecule has 0 heterocycles. The summed E-state index contributed by atoms with van der Waals surface area (Å²) in [6, 6.07) is 7.64. The lowest BCUT2D eigenvalue weighted by atomic mass is 10.1. The summed E-state index contributed by atoms with van der Waals surface area (Å²) < 4.78 is 52.2. The number of rotatable bonds is 5. The molecule has 2 aromatic carbocycles. The normalized spacial score (nSPS) is 11.6. The SMILES string of the molecule is Cc1cccc(C)c1NC(=O)CN(C)S(=O)(=O)c1ccc(F)cc1F. The van der Waals surface area contributed by atoms with E-state index < -0.39 is 39.0 Å². The van der Waals surface area contributed by atoms with Gasteiger partial charge >= 0.3 is 0 Å². The maximum Gasteiger partial charge on any atom is 0.246 e. The largest absolute Gasteiger partial charge is 0.324 e. The summed E-state index contributed by atoms with van der Waals surface area (Å²) >= 11 is 0. The molecule has 2 aromatic rings. The predicted octanol–water partition coefficient (Wildman–Crippen LogP) is 2.84. The standard InChI is InChI=1S/C17H18F2N2O3S/c1-11-5-4-6-12(2)17(11)20-16(22)10-21(3)25(23,24)15-8-7-13(18)9-14(15)19/h4-9H,10H2,1-3H3,(H,20,22). The number of sulfonamides is 1. The molecule has 25 heavy (non-hydrogen) atoms. The van der Waals surface area contributed by atoms with Gasteiger partial charge in [0.1, 0.15) is 16.5 Å². The summed E-state index contributed by atoms with van der Waals surface area (Å²) in [5.74, 6) is -2.65. The van der Waals surface area contributed by atoms with Gasteiger partial charge in [0, 0.05) is 18.8 Å². The van der Waals surface area contributed by atoms with E-state index in [4.69, 9.17) is 0 Å². The lowest BCUT2D eigenvalue weighted by Crippen LogP contribution is -2.35. The van der Waals surface area contributed by atoms with Crippen LogP contribution >= 0.6 is 0 Å². The van der Waals surface area contributed by atoms with Crippen molar-refractivity contribution in [3.8, 4) is 0 Å². The van der Waals surface area contributed by atoms with Crippen LogP contribution in [0.1, 0.15) is 11.1 Å². The van der Waals surface area contributed by atoms with E-state index in [0.29, 0.717) is 16.1 Å². The molecule has 0 radical (unpaired) electrons. The molecule has 0 saturated carbocycles. The number of hydrogen-bond acceptors (Lipinski definition) is 3. The first-order valence-corrected chi connectivity index (χ1v) is 8.84. The molecule has 134 valence electrons. The zero-order valence-electron chi connectivity index (χ0n) is 14.0. The maximum absolute atomic E-state index is 13.8. The van der Waals surface area contributed by atoms with Crippen molar-refractivity contribution >= 4 is 21.6 Å². The second kappa shape index (κ2) is 7.28.